The molecule has 2 aromatic rings. The average Bonchev–Trinajstić information content (AvgIpc) is 2.62. The fourth-order valence-corrected chi connectivity index (χ4v) is 3.55. The monoisotopic (exact) mass is 437 g/mol. The Balaban J connectivity index is 1.51. The Bertz CT molecular complexity index is 762. The van der Waals surface area contributed by atoms with E-state index < -0.39 is 0 Å². The van der Waals surface area contributed by atoms with Crippen molar-refractivity contribution in [1.29, 1.82) is 0 Å². The first-order valence-corrected chi connectivity index (χ1v) is 9.59. The predicted octanol–water partition coefficient (Wildman–Crippen LogP) is 3.87. The Morgan fingerprint density at radius 3 is 2.50 bits per heavy atom. The molecule has 26 heavy (non-hydrogen) atoms. The molecule has 0 atom stereocenters. The van der Waals surface area contributed by atoms with Gasteiger partial charge in [-0.05, 0) is 65.4 Å². The van der Waals surface area contributed by atoms with E-state index in [1.54, 1.807) is 18.2 Å². The van der Waals surface area contributed by atoms with E-state index in [9.17, 15) is 4.79 Å². The average molecular weight is 439 g/mol. The highest BCUT2D eigenvalue weighted by molar-refractivity contribution is 9.10. The number of rotatable bonds is 5. The van der Waals surface area contributed by atoms with E-state index in [-0.39, 0.29) is 12.5 Å². The molecular weight excluding hydrogens is 418 g/mol. The van der Waals surface area contributed by atoms with E-state index in [1.165, 1.54) is 5.69 Å². The van der Waals surface area contributed by atoms with Gasteiger partial charge in [-0.15, -0.1) is 0 Å². The maximum absolute atomic E-state index is 12.1. The van der Waals surface area contributed by atoms with Crippen LogP contribution in [0.25, 0.3) is 0 Å². The van der Waals surface area contributed by atoms with Gasteiger partial charge >= 0.3 is 0 Å². The van der Waals surface area contributed by atoms with Gasteiger partial charge in [-0.25, -0.2) is 0 Å². The molecule has 0 aliphatic carbocycles. The number of carbonyl (C=O) groups excluding carboxylic acids is 1. The van der Waals surface area contributed by atoms with Crippen LogP contribution < -0.4 is 15.0 Å². The summed E-state index contributed by atoms with van der Waals surface area (Å²) >= 11 is 9.26. The van der Waals surface area contributed by atoms with Crippen molar-refractivity contribution in [2.75, 3.05) is 50.1 Å². The number of piperazine rings is 1. The number of amides is 1. The van der Waals surface area contributed by atoms with Gasteiger partial charge in [0, 0.05) is 42.6 Å². The standard InChI is InChI=1S/C19H21BrClN3O2/c1-23-8-10-24(11-9-23)16-5-3-15(4-6-16)22-19(25)13-26-18-7-2-14(21)12-17(18)20/h2-7,12H,8-11,13H2,1H3,(H,22,25). The molecule has 0 unspecified atom stereocenters. The molecule has 7 heteroatoms. The highest BCUT2D eigenvalue weighted by atomic mass is 79.9. The van der Waals surface area contributed by atoms with Crippen LogP contribution in [0.1, 0.15) is 0 Å². The molecule has 5 nitrogen and oxygen atoms in total. The van der Waals surface area contributed by atoms with Crippen LogP contribution in [0, 0.1) is 0 Å². The Kier molecular flexibility index (Phi) is 6.40. The number of nitrogens with one attached hydrogen (secondary N) is 1. The van der Waals surface area contributed by atoms with Gasteiger partial charge in [0.25, 0.3) is 5.91 Å². The van der Waals surface area contributed by atoms with Crippen molar-refractivity contribution in [2.24, 2.45) is 0 Å². The first-order chi connectivity index (χ1) is 12.5. The number of anilines is 2. The number of hydrogen-bond acceptors (Lipinski definition) is 4. The zero-order valence-electron chi connectivity index (χ0n) is 14.5. The quantitative estimate of drug-likeness (QED) is 0.770. The molecule has 1 saturated heterocycles. The minimum atomic E-state index is -0.209. The topological polar surface area (TPSA) is 44.8 Å². The van der Waals surface area contributed by atoms with E-state index in [2.05, 4.69) is 38.1 Å². The molecule has 1 fully saturated rings. The number of halogens is 2. The van der Waals surface area contributed by atoms with Gasteiger partial charge < -0.3 is 19.9 Å². The van der Waals surface area contributed by atoms with Gasteiger partial charge in [-0.1, -0.05) is 11.6 Å². The number of benzene rings is 2. The molecule has 2 aromatic carbocycles. The van der Waals surface area contributed by atoms with E-state index in [1.807, 2.05) is 24.3 Å². The second-order valence-corrected chi connectivity index (χ2v) is 7.54. The SMILES string of the molecule is CN1CCN(c2ccc(NC(=O)COc3ccc(Cl)cc3Br)cc2)CC1. The molecule has 3 rings (SSSR count). The third-order valence-electron chi connectivity index (χ3n) is 4.27. The Morgan fingerprint density at radius 1 is 1.15 bits per heavy atom. The fraction of sp³-hybridized carbons (Fsp3) is 0.316. The van der Waals surface area contributed by atoms with Crippen LogP contribution in [0.2, 0.25) is 5.02 Å². The van der Waals surface area contributed by atoms with Crippen molar-refractivity contribution in [3.8, 4) is 5.75 Å². The van der Waals surface area contributed by atoms with Crippen molar-refractivity contribution < 1.29 is 9.53 Å². The van der Waals surface area contributed by atoms with E-state index in [0.717, 1.165) is 31.9 Å². The van der Waals surface area contributed by atoms with Crippen LogP contribution in [0.5, 0.6) is 5.75 Å². The number of ether oxygens (including phenoxy) is 1. The van der Waals surface area contributed by atoms with E-state index in [4.69, 9.17) is 16.3 Å². The third-order valence-corrected chi connectivity index (χ3v) is 5.13. The van der Waals surface area contributed by atoms with Crippen LogP contribution >= 0.6 is 27.5 Å². The first-order valence-electron chi connectivity index (χ1n) is 8.42. The summed E-state index contributed by atoms with van der Waals surface area (Å²) in [6.45, 7) is 4.10. The highest BCUT2D eigenvalue weighted by Crippen LogP contribution is 2.28. The third kappa shape index (κ3) is 5.13. The van der Waals surface area contributed by atoms with Crippen molar-refractivity contribution in [3.63, 3.8) is 0 Å². The summed E-state index contributed by atoms with van der Waals surface area (Å²) in [7, 11) is 2.14. The van der Waals surface area contributed by atoms with Crippen LogP contribution in [0.15, 0.2) is 46.9 Å². The number of hydrogen-bond donors (Lipinski definition) is 1. The van der Waals surface area contributed by atoms with Gasteiger partial charge in [0.2, 0.25) is 0 Å². The zero-order valence-corrected chi connectivity index (χ0v) is 16.9. The Labute approximate surface area is 167 Å². The molecule has 1 N–H and O–H groups in total. The lowest BCUT2D eigenvalue weighted by Gasteiger charge is -2.34. The number of nitrogens with zero attached hydrogens (tertiary/aromatic N) is 2. The van der Waals surface area contributed by atoms with E-state index >= 15 is 0 Å². The lowest BCUT2D eigenvalue weighted by molar-refractivity contribution is -0.118. The molecular formula is C19H21BrClN3O2. The molecule has 138 valence electrons. The molecule has 1 aliphatic rings. The summed E-state index contributed by atoms with van der Waals surface area (Å²) < 4.78 is 6.24. The highest BCUT2D eigenvalue weighted by Gasteiger charge is 2.14. The second-order valence-electron chi connectivity index (χ2n) is 6.25. The molecule has 1 heterocycles. The summed E-state index contributed by atoms with van der Waals surface area (Å²) in [6.07, 6.45) is 0. The molecule has 0 bridgehead atoms. The van der Waals surface area contributed by atoms with Gasteiger partial charge in [-0.3, -0.25) is 4.79 Å². The van der Waals surface area contributed by atoms with Gasteiger partial charge in [-0.2, -0.15) is 0 Å². The molecule has 0 saturated carbocycles. The minimum Gasteiger partial charge on any atom is -0.483 e. The molecule has 1 amide bonds. The summed E-state index contributed by atoms with van der Waals surface area (Å²) in [5.41, 5.74) is 1.93. The maximum atomic E-state index is 12.1. The second kappa shape index (κ2) is 8.75. The zero-order chi connectivity index (χ0) is 18.5. The normalized spacial score (nSPS) is 15.0. The Morgan fingerprint density at radius 2 is 1.85 bits per heavy atom. The van der Waals surface area contributed by atoms with Crippen molar-refractivity contribution >= 4 is 44.8 Å². The first kappa shape index (κ1) is 19.0. The predicted molar refractivity (Wildman–Crippen MR) is 109 cm³/mol. The lowest BCUT2D eigenvalue weighted by atomic mass is 10.2. The summed E-state index contributed by atoms with van der Waals surface area (Å²) in [5, 5.41) is 3.45. The number of carbonyl (C=O) groups is 1. The largest absolute Gasteiger partial charge is 0.483 e. The Hall–Kier alpha value is -1.76. The number of likely N-dealkylation sites (N-methyl/N-ethyl adjacent to an activating group) is 1. The lowest BCUT2D eigenvalue weighted by Crippen LogP contribution is -2.44. The van der Waals surface area contributed by atoms with Crippen molar-refractivity contribution in [1.82, 2.24) is 4.90 Å². The van der Waals surface area contributed by atoms with Crippen LogP contribution in [-0.4, -0.2) is 50.6 Å². The molecule has 0 radical (unpaired) electrons. The summed E-state index contributed by atoms with van der Waals surface area (Å²) in [5.74, 6) is 0.370. The van der Waals surface area contributed by atoms with Crippen LogP contribution in [-0.2, 0) is 4.79 Å². The van der Waals surface area contributed by atoms with Gasteiger partial charge in [0.1, 0.15) is 5.75 Å². The van der Waals surface area contributed by atoms with Crippen molar-refractivity contribution in [2.45, 2.75) is 0 Å². The maximum Gasteiger partial charge on any atom is 0.262 e. The summed E-state index contributed by atoms with van der Waals surface area (Å²) in [4.78, 5) is 16.8. The molecule has 0 spiro atoms. The molecule has 0 aromatic heterocycles. The summed E-state index contributed by atoms with van der Waals surface area (Å²) in [6, 6.07) is 13.1. The fourth-order valence-electron chi connectivity index (χ4n) is 2.75. The van der Waals surface area contributed by atoms with Crippen LogP contribution in [0.4, 0.5) is 11.4 Å². The van der Waals surface area contributed by atoms with E-state index in [0.29, 0.717) is 15.2 Å². The van der Waals surface area contributed by atoms with Gasteiger partial charge in [0.05, 0.1) is 4.47 Å². The van der Waals surface area contributed by atoms with Gasteiger partial charge in [0.15, 0.2) is 6.61 Å². The van der Waals surface area contributed by atoms with Crippen LogP contribution in [0.3, 0.4) is 0 Å². The molecule has 1 aliphatic heterocycles. The smallest absolute Gasteiger partial charge is 0.262 e. The van der Waals surface area contributed by atoms with Crippen molar-refractivity contribution in [3.05, 3.63) is 52.0 Å². The minimum absolute atomic E-state index is 0.0690.